The van der Waals surface area contributed by atoms with Gasteiger partial charge in [0.2, 0.25) is 0 Å². The molecular formula is C13H21N. The van der Waals surface area contributed by atoms with Crippen LogP contribution in [0.15, 0.2) is 24.3 Å². The van der Waals surface area contributed by atoms with Crippen LogP contribution in [0.1, 0.15) is 30.9 Å². The molecule has 0 aliphatic heterocycles. The fourth-order valence-corrected chi connectivity index (χ4v) is 1.90. The van der Waals surface area contributed by atoms with E-state index in [4.69, 9.17) is 0 Å². The summed E-state index contributed by atoms with van der Waals surface area (Å²) >= 11 is 0. The van der Waals surface area contributed by atoms with Crippen LogP contribution < -0.4 is 5.32 Å². The molecule has 0 saturated heterocycles. The second-order valence-corrected chi connectivity index (χ2v) is 4.18. The van der Waals surface area contributed by atoms with Gasteiger partial charge < -0.3 is 5.32 Å². The summed E-state index contributed by atoms with van der Waals surface area (Å²) < 4.78 is 0. The summed E-state index contributed by atoms with van der Waals surface area (Å²) in [6, 6.07) is 8.67. The Morgan fingerprint density at radius 3 is 2.43 bits per heavy atom. The van der Waals surface area contributed by atoms with Crippen LogP contribution in [0.3, 0.4) is 0 Å². The van der Waals surface area contributed by atoms with E-state index in [2.05, 4.69) is 50.4 Å². The Bertz CT molecular complexity index is 280. The highest BCUT2D eigenvalue weighted by Crippen LogP contribution is 2.25. The van der Waals surface area contributed by atoms with Gasteiger partial charge in [-0.1, -0.05) is 38.1 Å². The van der Waals surface area contributed by atoms with Crippen LogP contribution in [-0.4, -0.2) is 13.6 Å². The average molecular weight is 191 g/mol. The Labute approximate surface area is 87.5 Å². The molecule has 0 bridgehead atoms. The summed E-state index contributed by atoms with van der Waals surface area (Å²) in [5, 5.41) is 3.24. The van der Waals surface area contributed by atoms with Gasteiger partial charge in [0.1, 0.15) is 0 Å². The fourth-order valence-electron chi connectivity index (χ4n) is 1.90. The summed E-state index contributed by atoms with van der Waals surface area (Å²) in [7, 11) is 2.01. The molecule has 1 rings (SSSR count). The lowest BCUT2D eigenvalue weighted by molar-refractivity contribution is 0.464. The lowest BCUT2D eigenvalue weighted by Gasteiger charge is -2.21. The predicted octanol–water partition coefficient (Wildman–Crippen LogP) is 2.95. The first-order valence-electron chi connectivity index (χ1n) is 5.37. The van der Waals surface area contributed by atoms with Crippen LogP contribution >= 0.6 is 0 Å². The zero-order valence-corrected chi connectivity index (χ0v) is 9.67. The van der Waals surface area contributed by atoms with Crippen LogP contribution in [0.25, 0.3) is 0 Å². The van der Waals surface area contributed by atoms with E-state index in [1.807, 2.05) is 7.05 Å². The molecule has 2 atom stereocenters. The highest BCUT2D eigenvalue weighted by Gasteiger charge is 2.14. The van der Waals surface area contributed by atoms with Crippen molar-refractivity contribution in [3.63, 3.8) is 0 Å². The Balaban J connectivity index is 2.78. The minimum Gasteiger partial charge on any atom is -0.319 e. The van der Waals surface area contributed by atoms with Crippen molar-refractivity contribution in [1.82, 2.24) is 5.32 Å². The molecule has 1 nitrogen and oxygen atoms in total. The van der Waals surface area contributed by atoms with E-state index in [0.717, 1.165) is 6.54 Å². The van der Waals surface area contributed by atoms with Crippen molar-refractivity contribution in [2.75, 3.05) is 13.6 Å². The molecular weight excluding hydrogens is 170 g/mol. The Morgan fingerprint density at radius 1 is 1.21 bits per heavy atom. The molecule has 0 amide bonds. The molecule has 1 aromatic rings. The SMILES string of the molecule is CNCC(C)C(C)c1ccccc1C. The Hall–Kier alpha value is -0.820. The van der Waals surface area contributed by atoms with Crippen molar-refractivity contribution in [2.45, 2.75) is 26.7 Å². The van der Waals surface area contributed by atoms with Crippen LogP contribution in [0.5, 0.6) is 0 Å². The molecule has 14 heavy (non-hydrogen) atoms. The van der Waals surface area contributed by atoms with Crippen LogP contribution in [0.2, 0.25) is 0 Å². The van der Waals surface area contributed by atoms with E-state index >= 15 is 0 Å². The zero-order chi connectivity index (χ0) is 10.6. The first-order chi connectivity index (χ1) is 6.66. The smallest absolute Gasteiger partial charge is 0.00204 e. The van der Waals surface area contributed by atoms with Gasteiger partial charge in [-0.3, -0.25) is 0 Å². The first-order valence-corrected chi connectivity index (χ1v) is 5.37. The molecule has 1 aromatic carbocycles. The average Bonchev–Trinajstić information content (AvgIpc) is 2.18. The van der Waals surface area contributed by atoms with Crippen molar-refractivity contribution in [3.05, 3.63) is 35.4 Å². The van der Waals surface area contributed by atoms with E-state index in [0.29, 0.717) is 11.8 Å². The minimum absolute atomic E-state index is 0.628. The van der Waals surface area contributed by atoms with Gasteiger partial charge in [0.05, 0.1) is 0 Å². The van der Waals surface area contributed by atoms with Gasteiger partial charge in [-0.25, -0.2) is 0 Å². The van der Waals surface area contributed by atoms with Crippen LogP contribution in [0, 0.1) is 12.8 Å². The number of rotatable bonds is 4. The zero-order valence-electron chi connectivity index (χ0n) is 9.67. The third kappa shape index (κ3) is 2.58. The maximum atomic E-state index is 3.24. The number of benzene rings is 1. The maximum absolute atomic E-state index is 3.24. The Morgan fingerprint density at radius 2 is 1.86 bits per heavy atom. The van der Waals surface area contributed by atoms with E-state index in [1.165, 1.54) is 11.1 Å². The molecule has 78 valence electrons. The van der Waals surface area contributed by atoms with E-state index in [1.54, 1.807) is 0 Å². The quantitative estimate of drug-likeness (QED) is 0.771. The summed E-state index contributed by atoms with van der Waals surface area (Å²) in [6.07, 6.45) is 0. The molecule has 0 heterocycles. The van der Waals surface area contributed by atoms with E-state index < -0.39 is 0 Å². The molecule has 0 aromatic heterocycles. The summed E-state index contributed by atoms with van der Waals surface area (Å²) in [4.78, 5) is 0. The molecule has 0 spiro atoms. The lowest BCUT2D eigenvalue weighted by atomic mass is 9.86. The third-order valence-corrected chi connectivity index (χ3v) is 3.06. The highest BCUT2D eigenvalue weighted by molar-refractivity contribution is 5.29. The van der Waals surface area contributed by atoms with Gasteiger partial charge in [0.25, 0.3) is 0 Å². The Kier molecular flexibility index (Phi) is 4.15. The molecule has 0 fully saturated rings. The normalized spacial score (nSPS) is 15.1. The van der Waals surface area contributed by atoms with Crippen molar-refractivity contribution in [3.8, 4) is 0 Å². The number of aryl methyl sites for hydroxylation is 1. The molecule has 2 unspecified atom stereocenters. The van der Waals surface area contributed by atoms with E-state index in [9.17, 15) is 0 Å². The third-order valence-electron chi connectivity index (χ3n) is 3.06. The number of nitrogens with one attached hydrogen (secondary N) is 1. The van der Waals surface area contributed by atoms with Gasteiger partial charge in [-0.15, -0.1) is 0 Å². The first kappa shape index (κ1) is 11.3. The summed E-state index contributed by atoms with van der Waals surface area (Å²) in [5.41, 5.74) is 2.89. The second kappa shape index (κ2) is 5.16. The molecule has 0 aliphatic rings. The van der Waals surface area contributed by atoms with Crippen molar-refractivity contribution >= 4 is 0 Å². The maximum Gasteiger partial charge on any atom is -0.00204 e. The summed E-state index contributed by atoms with van der Waals surface area (Å²) in [6.45, 7) is 7.88. The number of hydrogen-bond acceptors (Lipinski definition) is 1. The van der Waals surface area contributed by atoms with Gasteiger partial charge >= 0.3 is 0 Å². The molecule has 0 saturated carbocycles. The topological polar surface area (TPSA) is 12.0 Å². The molecule has 1 heteroatoms. The molecule has 1 N–H and O–H groups in total. The predicted molar refractivity (Wildman–Crippen MR) is 62.7 cm³/mol. The monoisotopic (exact) mass is 191 g/mol. The minimum atomic E-state index is 0.628. The van der Waals surface area contributed by atoms with Crippen molar-refractivity contribution in [1.29, 1.82) is 0 Å². The van der Waals surface area contributed by atoms with Crippen LogP contribution in [0.4, 0.5) is 0 Å². The lowest BCUT2D eigenvalue weighted by Crippen LogP contribution is -2.21. The van der Waals surface area contributed by atoms with Crippen molar-refractivity contribution < 1.29 is 0 Å². The highest BCUT2D eigenvalue weighted by atomic mass is 14.8. The standard InChI is InChI=1S/C13H21N/c1-10-7-5-6-8-13(10)12(3)11(2)9-14-4/h5-8,11-12,14H,9H2,1-4H3. The molecule has 0 aliphatic carbocycles. The molecule has 0 radical (unpaired) electrons. The van der Waals surface area contributed by atoms with E-state index in [-0.39, 0.29) is 0 Å². The number of hydrogen-bond donors (Lipinski definition) is 1. The van der Waals surface area contributed by atoms with Crippen molar-refractivity contribution in [2.24, 2.45) is 5.92 Å². The fraction of sp³-hybridized carbons (Fsp3) is 0.538. The van der Waals surface area contributed by atoms with Gasteiger partial charge in [0, 0.05) is 0 Å². The van der Waals surface area contributed by atoms with Gasteiger partial charge in [-0.2, -0.15) is 0 Å². The van der Waals surface area contributed by atoms with Gasteiger partial charge in [-0.05, 0) is 43.5 Å². The summed E-state index contributed by atoms with van der Waals surface area (Å²) in [5.74, 6) is 1.31. The largest absolute Gasteiger partial charge is 0.319 e. The van der Waals surface area contributed by atoms with Crippen LogP contribution in [-0.2, 0) is 0 Å². The second-order valence-electron chi connectivity index (χ2n) is 4.18. The van der Waals surface area contributed by atoms with Gasteiger partial charge in [0.15, 0.2) is 0 Å².